The fourth-order valence-corrected chi connectivity index (χ4v) is 5.63. The second kappa shape index (κ2) is 9.24. The summed E-state index contributed by atoms with van der Waals surface area (Å²) in [6.45, 7) is 2.77. The first-order chi connectivity index (χ1) is 17.1. The van der Waals surface area contributed by atoms with Crippen LogP contribution in [0, 0.1) is 11.8 Å². The molecule has 2 atom stereocenters. The van der Waals surface area contributed by atoms with Crippen molar-refractivity contribution in [3.8, 4) is 0 Å². The summed E-state index contributed by atoms with van der Waals surface area (Å²) in [4.78, 5) is 55.9. The largest absolute Gasteiger partial charge is 0.344 e. The third-order valence-electron chi connectivity index (χ3n) is 8.04. The predicted octanol–water partition coefficient (Wildman–Crippen LogP) is 2.59. The molecule has 4 heterocycles. The number of nitrogens with one attached hydrogen (secondary N) is 2. The molecule has 186 valence electrons. The zero-order valence-corrected chi connectivity index (χ0v) is 20.2. The number of aromatic amines is 1. The maximum absolute atomic E-state index is 13.6. The molecule has 2 aliphatic heterocycles. The van der Waals surface area contributed by atoms with E-state index in [0.29, 0.717) is 35.7 Å². The lowest BCUT2D eigenvalue weighted by atomic mass is 9.94. The molecular formula is C26H34N6O3. The van der Waals surface area contributed by atoms with E-state index in [2.05, 4.69) is 15.3 Å². The second-order valence-electron chi connectivity index (χ2n) is 10.8. The van der Waals surface area contributed by atoms with E-state index >= 15 is 0 Å². The highest BCUT2D eigenvalue weighted by molar-refractivity contribution is 6.06. The highest BCUT2D eigenvalue weighted by Crippen LogP contribution is 2.39. The molecule has 2 aliphatic carbocycles. The summed E-state index contributed by atoms with van der Waals surface area (Å²) in [5, 5.41) is 3.03. The van der Waals surface area contributed by atoms with Crippen LogP contribution in [0.3, 0.4) is 0 Å². The van der Waals surface area contributed by atoms with Crippen molar-refractivity contribution in [3.63, 3.8) is 0 Å². The Morgan fingerprint density at radius 3 is 2.49 bits per heavy atom. The van der Waals surface area contributed by atoms with Crippen LogP contribution in [0.1, 0.15) is 79.8 Å². The van der Waals surface area contributed by atoms with Crippen LogP contribution < -0.4 is 5.32 Å². The average molecular weight is 479 g/mol. The maximum atomic E-state index is 13.6. The van der Waals surface area contributed by atoms with E-state index in [1.165, 1.54) is 6.42 Å². The molecule has 0 bridgehead atoms. The molecule has 0 unspecified atom stereocenters. The number of rotatable bonds is 6. The number of H-pyrrole nitrogens is 1. The topological polar surface area (TPSA) is 111 Å². The summed E-state index contributed by atoms with van der Waals surface area (Å²) in [6, 6.07) is -0.559. The first-order valence-electron chi connectivity index (χ1n) is 13.3. The van der Waals surface area contributed by atoms with Gasteiger partial charge in [0.2, 0.25) is 11.8 Å². The van der Waals surface area contributed by atoms with Crippen LogP contribution in [0.25, 0.3) is 11.2 Å². The lowest BCUT2D eigenvalue weighted by molar-refractivity contribution is -0.142. The average Bonchev–Trinajstić information content (AvgIpc) is 3.84. The standard InChI is InChI=1S/C26H34N6O3/c33-24(19-13-27-23-22(19)29-20(14-28-23)16-6-7-16)30-21(17-8-9-17)26(35)32-12-4-5-18(15-32)25(34)31-10-2-1-3-11-31/h13-14,16-18,21H,1-12,15H2,(H,27,28)(H,30,33)/t18-,21-/m1/s1. The van der Waals surface area contributed by atoms with Gasteiger partial charge in [0, 0.05) is 38.3 Å². The first kappa shape index (κ1) is 22.5. The molecule has 9 heteroatoms. The molecule has 2 N–H and O–H groups in total. The van der Waals surface area contributed by atoms with Crippen molar-refractivity contribution in [3.05, 3.63) is 23.7 Å². The molecule has 2 saturated heterocycles. The number of fused-ring (bicyclic) bond motifs is 1. The number of hydrogen-bond acceptors (Lipinski definition) is 5. The number of carbonyl (C=O) groups excluding carboxylic acids is 3. The Hall–Kier alpha value is -2.97. The van der Waals surface area contributed by atoms with Crippen molar-refractivity contribution < 1.29 is 14.4 Å². The molecule has 4 aliphatic rings. The van der Waals surface area contributed by atoms with E-state index in [1.54, 1.807) is 12.4 Å². The third kappa shape index (κ3) is 4.65. The van der Waals surface area contributed by atoms with E-state index < -0.39 is 6.04 Å². The van der Waals surface area contributed by atoms with E-state index in [1.807, 2.05) is 9.80 Å². The van der Waals surface area contributed by atoms with Crippen molar-refractivity contribution in [1.29, 1.82) is 0 Å². The van der Waals surface area contributed by atoms with Gasteiger partial charge in [0.15, 0.2) is 5.65 Å². The Balaban J connectivity index is 1.15. The summed E-state index contributed by atoms with van der Waals surface area (Å²) in [5.41, 5.74) is 2.52. The molecule has 3 amide bonds. The van der Waals surface area contributed by atoms with Gasteiger partial charge in [0.1, 0.15) is 11.6 Å². The van der Waals surface area contributed by atoms with Crippen LogP contribution in [0.2, 0.25) is 0 Å². The van der Waals surface area contributed by atoms with Gasteiger partial charge in [-0.25, -0.2) is 9.97 Å². The van der Waals surface area contributed by atoms with Gasteiger partial charge in [-0.1, -0.05) is 0 Å². The van der Waals surface area contributed by atoms with Crippen molar-refractivity contribution in [2.75, 3.05) is 26.2 Å². The molecule has 2 saturated carbocycles. The summed E-state index contributed by atoms with van der Waals surface area (Å²) < 4.78 is 0. The Morgan fingerprint density at radius 1 is 0.971 bits per heavy atom. The molecule has 0 spiro atoms. The number of hydrogen-bond donors (Lipinski definition) is 2. The number of aromatic nitrogens is 3. The summed E-state index contributed by atoms with van der Waals surface area (Å²) in [6.07, 6.45) is 12.5. The molecule has 2 aromatic rings. The highest BCUT2D eigenvalue weighted by atomic mass is 16.2. The molecule has 6 rings (SSSR count). The summed E-state index contributed by atoms with van der Waals surface area (Å²) in [5.74, 6) is 0.313. The molecule has 35 heavy (non-hydrogen) atoms. The molecule has 2 aromatic heterocycles. The summed E-state index contributed by atoms with van der Waals surface area (Å²) in [7, 11) is 0. The summed E-state index contributed by atoms with van der Waals surface area (Å²) >= 11 is 0. The fourth-order valence-electron chi connectivity index (χ4n) is 5.63. The van der Waals surface area contributed by atoms with Gasteiger partial charge in [-0.05, 0) is 63.7 Å². The molecule has 0 radical (unpaired) electrons. The minimum absolute atomic E-state index is 0.0541. The predicted molar refractivity (Wildman–Crippen MR) is 130 cm³/mol. The monoisotopic (exact) mass is 478 g/mol. The second-order valence-corrected chi connectivity index (χ2v) is 10.8. The Labute approximate surface area is 205 Å². The van der Waals surface area contributed by atoms with Gasteiger partial charge in [-0.2, -0.15) is 0 Å². The number of piperidine rings is 2. The van der Waals surface area contributed by atoms with E-state index in [9.17, 15) is 14.4 Å². The fraction of sp³-hybridized carbons (Fsp3) is 0.654. The van der Waals surface area contributed by atoms with Crippen LogP contribution in [0.5, 0.6) is 0 Å². The van der Waals surface area contributed by atoms with Gasteiger partial charge in [0.05, 0.1) is 23.4 Å². The molecule has 4 fully saturated rings. The van der Waals surface area contributed by atoms with Crippen LogP contribution in [0.4, 0.5) is 0 Å². The van der Waals surface area contributed by atoms with Crippen molar-refractivity contribution in [2.45, 2.75) is 69.7 Å². The molecular weight excluding hydrogens is 444 g/mol. The van der Waals surface area contributed by atoms with Crippen LogP contribution in [0.15, 0.2) is 12.4 Å². The Kier molecular flexibility index (Phi) is 5.94. The zero-order chi connectivity index (χ0) is 23.9. The minimum atomic E-state index is -0.559. The first-order valence-corrected chi connectivity index (χ1v) is 13.3. The van der Waals surface area contributed by atoms with Gasteiger partial charge >= 0.3 is 0 Å². The number of carbonyl (C=O) groups is 3. The van der Waals surface area contributed by atoms with Gasteiger partial charge < -0.3 is 20.1 Å². The van der Waals surface area contributed by atoms with E-state index in [0.717, 1.165) is 70.2 Å². The molecule has 0 aromatic carbocycles. The number of likely N-dealkylation sites (tertiary alicyclic amines) is 2. The smallest absolute Gasteiger partial charge is 0.255 e. The van der Waals surface area contributed by atoms with Crippen LogP contribution in [-0.2, 0) is 9.59 Å². The van der Waals surface area contributed by atoms with E-state index in [4.69, 9.17) is 4.98 Å². The normalized spacial score (nSPS) is 23.8. The quantitative estimate of drug-likeness (QED) is 0.663. The zero-order valence-electron chi connectivity index (χ0n) is 20.2. The van der Waals surface area contributed by atoms with Crippen LogP contribution in [-0.4, -0.2) is 74.7 Å². The Morgan fingerprint density at radius 2 is 1.74 bits per heavy atom. The Bertz CT molecular complexity index is 1130. The van der Waals surface area contributed by atoms with Crippen molar-refractivity contribution in [2.24, 2.45) is 11.8 Å². The number of amides is 3. The SMILES string of the molecule is O=C(N[C@@H](C(=O)N1CCC[C@@H](C(=O)N2CCCCC2)C1)C1CC1)c1c[nH]c2ncc(C3CC3)nc12. The van der Waals surface area contributed by atoms with Gasteiger partial charge in [-0.3, -0.25) is 14.4 Å². The maximum Gasteiger partial charge on any atom is 0.255 e. The lowest BCUT2D eigenvalue weighted by Gasteiger charge is -2.37. The minimum Gasteiger partial charge on any atom is -0.344 e. The third-order valence-corrected chi connectivity index (χ3v) is 8.04. The van der Waals surface area contributed by atoms with Crippen LogP contribution >= 0.6 is 0 Å². The van der Waals surface area contributed by atoms with Crippen molar-refractivity contribution >= 4 is 28.9 Å². The lowest BCUT2D eigenvalue weighted by Crippen LogP contribution is -2.54. The van der Waals surface area contributed by atoms with Gasteiger partial charge in [0.25, 0.3) is 5.91 Å². The van der Waals surface area contributed by atoms with E-state index in [-0.39, 0.29) is 29.6 Å². The molecule has 9 nitrogen and oxygen atoms in total. The van der Waals surface area contributed by atoms with Crippen molar-refractivity contribution in [1.82, 2.24) is 30.1 Å². The van der Waals surface area contributed by atoms with Gasteiger partial charge in [-0.15, -0.1) is 0 Å². The highest BCUT2D eigenvalue weighted by Gasteiger charge is 2.42. The number of nitrogens with zero attached hydrogens (tertiary/aromatic N) is 4.